The van der Waals surface area contributed by atoms with Gasteiger partial charge in [0.15, 0.2) is 6.29 Å². The summed E-state index contributed by atoms with van der Waals surface area (Å²) < 4.78 is 4.88. The van der Waals surface area contributed by atoms with Gasteiger partial charge in [0.2, 0.25) is 0 Å². The van der Waals surface area contributed by atoms with Crippen molar-refractivity contribution in [3.05, 3.63) is 12.3 Å². The van der Waals surface area contributed by atoms with Crippen LogP contribution in [-0.4, -0.2) is 36.5 Å². The third-order valence-corrected chi connectivity index (χ3v) is 2.59. The minimum absolute atomic E-state index is 0.282. The number of rotatable bonds is 2. The van der Waals surface area contributed by atoms with Gasteiger partial charge < -0.3 is 14.7 Å². The number of methoxy groups -OCH3 is 1. The summed E-state index contributed by atoms with van der Waals surface area (Å²) in [6, 6.07) is 0. The molecule has 62 valence electrons. The van der Waals surface area contributed by atoms with Crippen molar-refractivity contribution in [2.75, 3.05) is 20.2 Å². The Morgan fingerprint density at radius 2 is 2.45 bits per heavy atom. The second-order valence-corrected chi connectivity index (χ2v) is 3.25. The monoisotopic (exact) mass is 155 g/mol. The molecular formula is C8H13NO2. The third-order valence-electron chi connectivity index (χ3n) is 2.59. The third kappa shape index (κ3) is 1.04. The largest absolute Gasteiger partial charge is 0.377 e. The van der Waals surface area contributed by atoms with E-state index in [0.717, 1.165) is 13.1 Å². The number of ether oxygens (including phenoxy) is 1. The normalized spacial score (nSPS) is 36.7. The fourth-order valence-corrected chi connectivity index (χ4v) is 1.92. The molecule has 3 unspecified atom stereocenters. The number of fused-ring (bicyclic) bond motifs is 2. The van der Waals surface area contributed by atoms with Gasteiger partial charge in [-0.3, -0.25) is 0 Å². The Bertz CT molecular complexity index is 181. The predicted octanol–water partition coefficient (Wildman–Crippen LogP) is 0.0265. The molecule has 2 aliphatic rings. The molecule has 3 heteroatoms. The standard InChI is InChI=1S/C8H13NO2/c1-11-8(10)7-5-9-3-2-6(7)4-9/h2-3,6-8,10H,4-5H2,1H3. The lowest BCUT2D eigenvalue weighted by Gasteiger charge is -2.22. The number of nitrogens with zero attached hydrogens (tertiary/aromatic N) is 1. The second kappa shape index (κ2) is 2.50. The van der Waals surface area contributed by atoms with Crippen molar-refractivity contribution >= 4 is 0 Å². The molecule has 1 fully saturated rings. The first kappa shape index (κ1) is 7.13. The van der Waals surface area contributed by atoms with Gasteiger partial charge in [-0.15, -0.1) is 0 Å². The summed E-state index contributed by atoms with van der Waals surface area (Å²) in [6.07, 6.45) is 3.66. The molecule has 1 saturated heterocycles. The van der Waals surface area contributed by atoms with Gasteiger partial charge in [-0.2, -0.15) is 0 Å². The van der Waals surface area contributed by atoms with E-state index in [2.05, 4.69) is 17.2 Å². The summed E-state index contributed by atoms with van der Waals surface area (Å²) in [4.78, 5) is 2.22. The van der Waals surface area contributed by atoms with Crippen LogP contribution in [0.2, 0.25) is 0 Å². The van der Waals surface area contributed by atoms with Crippen molar-refractivity contribution in [2.24, 2.45) is 11.8 Å². The Balaban J connectivity index is 2.02. The van der Waals surface area contributed by atoms with Crippen LogP contribution in [0.4, 0.5) is 0 Å². The number of aliphatic hydroxyl groups is 1. The molecule has 3 atom stereocenters. The minimum Gasteiger partial charge on any atom is -0.377 e. The molecule has 1 N–H and O–H groups in total. The zero-order valence-electron chi connectivity index (χ0n) is 6.60. The topological polar surface area (TPSA) is 32.7 Å². The van der Waals surface area contributed by atoms with Crippen molar-refractivity contribution in [1.82, 2.24) is 4.90 Å². The van der Waals surface area contributed by atoms with Gasteiger partial charge >= 0.3 is 0 Å². The highest BCUT2D eigenvalue weighted by Gasteiger charge is 2.38. The molecule has 2 heterocycles. The highest BCUT2D eigenvalue weighted by Crippen LogP contribution is 2.32. The fourth-order valence-electron chi connectivity index (χ4n) is 1.92. The first-order valence-corrected chi connectivity index (χ1v) is 3.94. The Hall–Kier alpha value is -0.540. The molecule has 11 heavy (non-hydrogen) atoms. The molecule has 2 bridgehead atoms. The van der Waals surface area contributed by atoms with Gasteiger partial charge in [-0.25, -0.2) is 0 Å². The van der Waals surface area contributed by atoms with Gasteiger partial charge in [0.25, 0.3) is 0 Å². The van der Waals surface area contributed by atoms with E-state index in [-0.39, 0.29) is 5.92 Å². The zero-order valence-corrected chi connectivity index (χ0v) is 6.60. The lowest BCUT2D eigenvalue weighted by atomic mass is 9.95. The summed E-state index contributed by atoms with van der Waals surface area (Å²) in [6.45, 7) is 2.00. The highest BCUT2D eigenvalue weighted by atomic mass is 16.6. The van der Waals surface area contributed by atoms with Crippen LogP contribution in [0.1, 0.15) is 0 Å². The molecule has 2 aliphatic heterocycles. The molecule has 3 nitrogen and oxygen atoms in total. The van der Waals surface area contributed by atoms with Crippen molar-refractivity contribution < 1.29 is 9.84 Å². The van der Waals surface area contributed by atoms with E-state index in [9.17, 15) is 5.11 Å². The van der Waals surface area contributed by atoms with Gasteiger partial charge in [0.05, 0.1) is 0 Å². The van der Waals surface area contributed by atoms with Gasteiger partial charge in [0.1, 0.15) is 0 Å². The number of aliphatic hydroxyl groups excluding tert-OH is 1. The first-order valence-electron chi connectivity index (χ1n) is 3.94. The number of hydrogen-bond acceptors (Lipinski definition) is 3. The summed E-state index contributed by atoms with van der Waals surface area (Å²) in [7, 11) is 1.55. The van der Waals surface area contributed by atoms with E-state index < -0.39 is 6.29 Å². The average molecular weight is 155 g/mol. The molecule has 2 rings (SSSR count). The van der Waals surface area contributed by atoms with Gasteiger partial charge in [-0.1, -0.05) is 6.08 Å². The Labute approximate surface area is 66.3 Å². The molecular weight excluding hydrogens is 142 g/mol. The molecule has 0 saturated carbocycles. The van der Waals surface area contributed by atoms with Crippen LogP contribution in [-0.2, 0) is 4.74 Å². The molecule has 0 aromatic heterocycles. The molecule has 0 radical (unpaired) electrons. The lowest BCUT2D eigenvalue weighted by Crippen LogP contribution is -2.29. The van der Waals surface area contributed by atoms with Crippen LogP contribution in [0.15, 0.2) is 12.3 Å². The maximum Gasteiger partial charge on any atom is 0.159 e. The summed E-state index contributed by atoms with van der Waals surface area (Å²) >= 11 is 0. The van der Waals surface area contributed by atoms with Crippen molar-refractivity contribution in [2.45, 2.75) is 6.29 Å². The first-order chi connectivity index (χ1) is 5.31. The van der Waals surface area contributed by atoms with Crippen molar-refractivity contribution in [3.63, 3.8) is 0 Å². The predicted molar refractivity (Wildman–Crippen MR) is 40.7 cm³/mol. The van der Waals surface area contributed by atoms with Crippen molar-refractivity contribution in [1.29, 1.82) is 0 Å². The summed E-state index contributed by atoms with van der Waals surface area (Å²) in [5.74, 6) is 0.787. The summed E-state index contributed by atoms with van der Waals surface area (Å²) in [5.41, 5.74) is 0. The van der Waals surface area contributed by atoms with Crippen LogP contribution in [0.5, 0.6) is 0 Å². The maximum absolute atomic E-state index is 9.40. The maximum atomic E-state index is 9.40. The minimum atomic E-state index is -0.588. The van der Waals surface area contributed by atoms with Crippen LogP contribution in [0.25, 0.3) is 0 Å². The van der Waals surface area contributed by atoms with E-state index in [4.69, 9.17) is 4.74 Å². The molecule has 0 aromatic carbocycles. The quantitative estimate of drug-likeness (QED) is 0.571. The van der Waals surface area contributed by atoms with Gasteiger partial charge in [0, 0.05) is 32.0 Å². The average Bonchev–Trinajstić information content (AvgIpc) is 2.62. The van der Waals surface area contributed by atoms with E-state index >= 15 is 0 Å². The van der Waals surface area contributed by atoms with Crippen LogP contribution >= 0.6 is 0 Å². The molecule has 0 amide bonds. The highest BCUT2D eigenvalue weighted by molar-refractivity contribution is 5.07. The van der Waals surface area contributed by atoms with Crippen molar-refractivity contribution in [3.8, 4) is 0 Å². The van der Waals surface area contributed by atoms with Crippen LogP contribution < -0.4 is 0 Å². The molecule has 0 aromatic rings. The van der Waals surface area contributed by atoms with E-state index in [1.54, 1.807) is 7.11 Å². The molecule has 0 aliphatic carbocycles. The fraction of sp³-hybridized carbons (Fsp3) is 0.750. The smallest absolute Gasteiger partial charge is 0.159 e. The summed E-state index contributed by atoms with van der Waals surface area (Å²) in [5, 5.41) is 9.40. The van der Waals surface area contributed by atoms with Gasteiger partial charge in [-0.05, 0) is 6.20 Å². The second-order valence-electron chi connectivity index (χ2n) is 3.25. The van der Waals surface area contributed by atoms with E-state index in [1.807, 2.05) is 0 Å². The lowest BCUT2D eigenvalue weighted by molar-refractivity contribution is -0.115. The van der Waals surface area contributed by atoms with E-state index in [0.29, 0.717) is 5.92 Å². The Kier molecular flexibility index (Phi) is 1.62. The number of hydrogen-bond donors (Lipinski definition) is 1. The Morgan fingerprint density at radius 3 is 2.91 bits per heavy atom. The Morgan fingerprint density at radius 1 is 1.64 bits per heavy atom. The van der Waals surface area contributed by atoms with Crippen LogP contribution in [0.3, 0.4) is 0 Å². The molecule has 0 spiro atoms. The van der Waals surface area contributed by atoms with Crippen LogP contribution in [0, 0.1) is 11.8 Å². The SMILES string of the molecule is COC(O)C1CN2C=CC1C2. The zero-order chi connectivity index (χ0) is 7.84. The van der Waals surface area contributed by atoms with E-state index in [1.165, 1.54) is 0 Å².